The highest BCUT2D eigenvalue weighted by molar-refractivity contribution is 5.77. The molecule has 8 nitrogen and oxygen atoms in total. The first-order chi connectivity index (χ1) is 15.3. The summed E-state index contributed by atoms with van der Waals surface area (Å²) >= 11 is 0. The van der Waals surface area contributed by atoms with Gasteiger partial charge in [-0.15, -0.1) is 0 Å². The van der Waals surface area contributed by atoms with Gasteiger partial charge >= 0.3 is 6.18 Å². The van der Waals surface area contributed by atoms with E-state index >= 15 is 0 Å². The van der Waals surface area contributed by atoms with Gasteiger partial charge in [0.25, 0.3) is 5.56 Å². The molecule has 11 heteroatoms. The van der Waals surface area contributed by atoms with Gasteiger partial charge in [0.05, 0.1) is 24.9 Å². The smallest absolute Gasteiger partial charge is 0.420 e. The summed E-state index contributed by atoms with van der Waals surface area (Å²) < 4.78 is 47.1. The fourth-order valence-corrected chi connectivity index (χ4v) is 3.08. The van der Waals surface area contributed by atoms with Gasteiger partial charge in [-0.3, -0.25) is 9.89 Å². The number of halogens is 3. The number of nitrogens with zero attached hydrogens (tertiary/aromatic N) is 5. The first-order valence-corrected chi connectivity index (χ1v) is 8.99. The Balaban J connectivity index is 1.81. The van der Waals surface area contributed by atoms with Gasteiger partial charge in [0.1, 0.15) is 11.3 Å². The van der Waals surface area contributed by atoms with Crippen molar-refractivity contribution in [1.82, 2.24) is 19.7 Å². The van der Waals surface area contributed by atoms with Crippen molar-refractivity contribution in [1.29, 1.82) is 5.26 Å². The predicted octanol–water partition coefficient (Wildman–Crippen LogP) is 4.40. The van der Waals surface area contributed by atoms with E-state index in [9.17, 15) is 18.0 Å². The number of H-pyrrole nitrogens is 1. The Bertz CT molecular complexity index is 1440. The van der Waals surface area contributed by atoms with Crippen LogP contribution in [0.1, 0.15) is 16.8 Å². The number of rotatable bonds is 4. The first-order valence-electron chi connectivity index (χ1n) is 8.99. The Morgan fingerprint density at radius 1 is 1.28 bits per heavy atom. The lowest BCUT2D eigenvalue weighted by Gasteiger charge is -2.15. The molecule has 4 rings (SSSR count). The SMILES string of the molecule is [C-]#[N+]c1cc(C#N)cc(Oc2c(C(F)(F)F)ccn(Cc3n[nH]c4ncccc34)c2=O)c1. The van der Waals surface area contributed by atoms with Crippen LogP contribution in [-0.2, 0) is 12.7 Å². The summed E-state index contributed by atoms with van der Waals surface area (Å²) in [5.41, 5.74) is -1.46. The number of aromatic amines is 1. The lowest BCUT2D eigenvalue weighted by atomic mass is 10.2. The monoisotopic (exact) mass is 436 g/mol. The van der Waals surface area contributed by atoms with E-state index in [0.29, 0.717) is 16.7 Å². The van der Waals surface area contributed by atoms with Gasteiger partial charge in [0.2, 0.25) is 5.75 Å². The fraction of sp³-hybridized carbons (Fsp3) is 0.0952. The molecule has 1 N–H and O–H groups in total. The lowest BCUT2D eigenvalue weighted by Crippen LogP contribution is -2.25. The minimum absolute atomic E-state index is 0.00816. The quantitative estimate of drug-likeness (QED) is 0.478. The molecule has 0 unspecified atom stereocenters. The molecule has 1 aromatic carbocycles. The van der Waals surface area contributed by atoms with Crippen LogP contribution in [0.5, 0.6) is 11.5 Å². The third-order valence-corrected chi connectivity index (χ3v) is 4.53. The van der Waals surface area contributed by atoms with Crippen LogP contribution in [0.3, 0.4) is 0 Å². The summed E-state index contributed by atoms with van der Waals surface area (Å²) in [7, 11) is 0. The number of benzene rings is 1. The van der Waals surface area contributed by atoms with Crippen molar-refractivity contribution in [3.05, 3.63) is 87.4 Å². The molecular formula is C21H11F3N6O2. The highest BCUT2D eigenvalue weighted by Crippen LogP contribution is 2.37. The lowest BCUT2D eigenvalue weighted by molar-refractivity contribution is -0.138. The number of ether oxygens (including phenoxy) is 1. The van der Waals surface area contributed by atoms with Crippen molar-refractivity contribution in [3.8, 4) is 17.6 Å². The highest BCUT2D eigenvalue weighted by atomic mass is 19.4. The van der Waals surface area contributed by atoms with Gasteiger partial charge in [-0.2, -0.15) is 23.5 Å². The first kappa shape index (κ1) is 20.6. The topological polar surface area (TPSA) is 101 Å². The van der Waals surface area contributed by atoms with Crippen molar-refractivity contribution in [3.63, 3.8) is 0 Å². The van der Waals surface area contributed by atoms with Crippen LogP contribution in [0, 0.1) is 17.9 Å². The molecule has 0 spiro atoms. The van der Waals surface area contributed by atoms with Gasteiger partial charge in [-0.05, 0) is 36.4 Å². The van der Waals surface area contributed by atoms with Crippen molar-refractivity contribution in [2.75, 3.05) is 0 Å². The molecule has 0 saturated heterocycles. The molecule has 0 atom stereocenters. The fourth-order valence-electron chi connectivity index (χ4n) is 3.08. The van der Waals surface area contributed by atoms with Crippen LogP contribution in [0.15, 0.2) is 53.6 Å². The number of aromatic nitrogens is 4. The molecule has 0 aliphatic heterocycles. The van der Waals surface area contributed by atoms with E-state index in [1.165, 1.54) is 6.07 Å². The molecule has 3 heterocycles. The second-order valence-electron chi connectivity index (χ2n) is 6.60. The normalized spacial score (nSPS) is 11.2. The van der Waals surface area contributed by atoms with Crippen molar-refractivity contribution in [2.24, 2.45) is 0 Å². The summed E-state index contributed by atoms with van der Waals surface area (Å²) in [6.07, 6.45) is -2.32. The summed E-state index contributed by atoms with van der Waals surface area (Å²) in [5, 5.41) is 16.5. The van der Waals surface area contributed by atoms with Gasteiger partial charge in [-0.25, -0.2) is 9.83 Å². The third kappa shape index (κ3) is 3.87. The number of nitriles is 1. The molecule has 0 aliphatic rings. The van der Waals surface area contributed by atoms with Crippen LogP contribution in [-0.4, -0.2) is 19.7 Å². The molecule has 0 saturated carbocycles. The number of nitrogens with one attached hydrogen (secondary N) is 1. The van der Waals surface area contributed by atoms with Gasteiger partial charge in [0, 0.05) is 23.3 Å². The van der Waals surface area contributed by atoms with E-state index in [1.807, 2.05) is 0 Å². The van der Waals surface area contributed by atoms with E-state index in [0.717, 1.165) is 29.0 Å². The standard InChI is InChI=1S/C21H11F3N6O2/c1-26-13-7-12(10-25)8-14(9-13)32-18-16(21(22,23)24)4-6-30(20(18)31)11-17-15-3-2-5-27-19(15)29-28-17/h2-9H,11H2,(H,27,28,29). The van der Waals surface area contributed by atoms with E-state index < -0.39 is 23.0 Å². The van der Waals surface area contributed by atoms with E-state index in [-0.39, 0.29) is 23.5 Å². The number of alkyl halides is 3. The summed E-state index contributed by atoms with van der Waals surface area (Å²) in [4.78, 5) is 20.2. The van der Waals surface area contributed by atoms with Crippen LogP contribution in [0.2, 0.25) is 0 Å². The molecule has 0 aliphatic carbocycles. The van der Waals surface area contributed by atoms with Crippen LogP contribution >= 0.6 is 0 Å². The van der Waals surface area contributed by atoms with Crippen molar-refractivity contribution < 1.29 is 17.9 Å². The Hall–Kier alpha value is -4.64. The average molecular weight is 436 g/mol. The Morgan fingerprint density at radius 3 is 2.81 bits per heavy atom. The zero-order valence-corrected chi connectivity index (χ0v) is 16.0. The van der Waals surface area contributed by atoms with Crippen LogP contribution in [0.25, 0.3) is 15.9 Å². The predicted molar refractivity (Wildman–Crippen MR) is 106 cm³/mol. The maximum atomic E-state index is 13.6. The molecule has 0 radical (unpaired) electrons. The number of pyridine rings is 2. The molecule has 0 fully saturated rings. The zero-order chi connectivity index (χ0) is 22.9. The largest absolute Gasteiger partial charge is 0.452 e. The molecule has 0 bridgehead atoms. The second kappa shape index (κ2) is 7.89. The molecule has 0 amide bonds. The van der Waals surface area contributed by atoms with E-state index in [4.69, 9.17) is 16.6 Å². The van der Waals surface area contributed by atoms with Crippen molar-refractivity contribution >= 4 is 16.7 Å². The van der Waals surface area contributed by atoms with Crippen LogP contribution in [0.4, 0.5) is 18.9 Å². The van der Waals surface area contributed by atoms with Crippen LogP contribution < -0.4 is 10.3 Å². The Kier molecular flexibility index (Phi) is 5.08. The van der Waals surface area contributed by atoms with Gasteiger partial charge in [-0.1, -0.05) is 0 Å². The molecule has 32 heavy (non-hydrogen) atoms. The van der Waals surface area contributed by atoms with Gasteiger partial charge in [0.15, 0.2) is 11.3 Å². The Labute approximate surface area is 178 Å². The maximum absolute atomic E-state index is 13.6. The summed E-state index contributed by atoms with van der Waals surface area (Å²) in [5.74, 6) is -1.20. The zero-order valence-electron chi connectivity index (χ0n) is 16.0. The van der Waals surface area contributed by atoms with Crippen molar-refractivity contribution in [2.45, 2.75) is 12.7 Å². The summed E-state index contributed by atoms with van der Waals surface area (Å²) in [6, 6.07) is 9.47. The number of hydrogen-bond donors (Lipinski definition) is 1. The number of fused-ring (bicyclic) bond motifs is 1. The molecular weight excluding hydrogens is 425 g/mol. The summed E-state index contributed by atoms with van der Waals surface area (Å²) in [6.45, 7) is 6.95. The number of hydrogen-bond acceptors (Lipinski definition) is 5. The highest BCUT2D eigenvalue weighted by Gasteiger charge is 2.36. The van der Waals surface area contributed by atoms with E-state index in [1.54, 1.807) is 24.4 Å². The Morgan fingerprint density at radius 2 is 2.09 bits per heavy atom. The van der Waals surface area contributed by atoms with E-state index in [2.05, 4.69) is 20.0 Å². The second-order valence-corrected chi connectivity index (χ2v) is 6.60. The minimum Gasteiger partial charge on any atom is -0.452 e. The maximum Gasteiger partial charge on any atom is 0.420 e. The van der Waals surface area contributed by atoms with Gasteiger partial charge < -0.3 is 9.30 Å². The molecule has 3 aromatic heterocycles. The minimum atomic E-state index is -4.87. The average Bonchev–Trinajstić information content (AvgIpc) is 3.18. The molecule has 158 valence electrons. The third-order valence-electron chi connectivity index (χ3n) is 4.53. The molecule has 4 aromatic rings.